The molecule has 24 heavy (non-hydrogen) atoms. The first-order valence-electron chi connectivity index (χ1n) is 8.61. The monoisotopic (exact) mass is 323 g/mol. The van der Waals surface area contributed by atoms with Crippen LogP contribution in [0.25, 0.3) is 11.3 Å². The van der Waals surface area contributed by atoms with Crippen molar-refractivity contribution in [2.75, 3.05) is 19.7 Å². The fourth-order valence-corrected chi connectivity index (χ4v) is 3.57. The number of hydrogen-bond acceptors (Lipinski definition) is 4. The second-order valence-electron chi connectivity index (χ2n) is 6.34. The zero-order valence-electron chi connectivity index (χ0n) is 13.6. The summed E-state index contributed by atoms with van der Waals surface area (Å²) in [6.45, 7) is 2.12. The highest BCUT2D eigenvalue weighted by atomic mass is 16.5. The highest BCUT2D eigenvalue weighted by Crippen LogP contribution is 2.26. The molecule has 5 heteroatoms. The average molecular weight is 323 g/mol. The summed E-state index contributed by atoms with van der Waals surface area (Å²) >= 11 is 0. The van der Waals surface area contributed by atoms with E-state index in [-0.39, 0.29) is 12.0 Å². The number of carbonyl (C=O) groups excluding carboxylic acids is 1. The molecule has 0 bridgehead atoms. The quantitative estimate of drug-likeness (QED) is 0.850. The van der Waals surface area contributed by atoms with Gasteiger partial charge >= 0.3 is 0 Å². The smallest absolute Gasteiger partial charge is 0.251 e. The Morgan fingerprint density at radius 1 is 1.12 bits per heavy atom. The first-order chi connectivity index (χ1) is 11.8. The molecule has 0 spiro atoms. The number of hydrogen-bond donors (Lipinski definition) is 0. The Bertz CT molecular complexity index is 727. The summed E-state index contributed by atoms with van der Waals surface area (Å²) in [5.74, 6) is 0.134. The van der Waals surface area contributed by atoms with E-state index in [1.54, 1.807) is 6.33 Å². The number of ether oxygens (including phenoxy) is 1. The van der Waals surface area contributed by atoms with Gasteiger partial charge in [0.25, 0.3) is 5.91 Å². The molecular weight excluding hydrogens is 302 g/mol. The zero-order valence-corrected chi connectivity index (χ0v) is 13.6. The second-order valence-corrected chi connectivity index (χ2v) is 6.34. The summed E-state index contributed by atoms with van der Waals surface area (Å²) in [6.07, 6.45) is 4.78. The van der Waals surface area contributed by atoms with Gasteiger partial charge in [0.15, 0.2) is 0 Å². The molecule has 0 N–H and O–H groups in total. The van der Waals surface area contributed by atoms with Crippen molar-refractivity contribution in [1.29, 1.82) is 0 Å². The molecule has 5 nitrogen and oxygen atoms in total. The van der Waals surface area contributed by atoms with Gasteiger partial charge in [0, 0.05) is 42.9 Å². The molecule has 1 amide bonds. The fourth-order valence-electron chi connectivity index (χ4n) is 3.57. The molecular formula is C19H21N3O2. The first-order valence-corrected chi connectivity index (χ1v) is 8.61. The molecule has 1 atom stereocenters. The lowest BCUT2D eigenvalue weighted by molar-refractivity contribution is -0.140. The molecule has 1 aromatic carbocycles. The van der Waals surface area contributed by atoms with Gasteiger partial charge in [-0.25, -0.2) is 9.97 Å². The highest BCUT2D eigenvalue weighted by Gasteiger charge is 2.30. The number of nitrogens with zero attached hydrogens (tertiary/aromatic N) is 3. The van der Waals surface area contributed by atoms with Crippen LogP contribution in [-0.2, 0) is 22.4 Å². The lowest BCUT2D eigenvalue weighted by Gasteiger charge is -2.23. The van der Waals surface area contributed by atoms with E-state index in [2.05, 4.69) is 22.1 Å². The number of rotatable bonds is 2. The SMILES string of the molecule is O=C([C@@H]1CCCO1)N1CCc2ncnc(-c3ccccc3)c2CC1. The van der Waals surface area contributed by atoms with Crippen molar-refractivity contribution in [3.63, 3.8) is 0 Å². The number of amides is 1. The van der Waals surface area contributed by atoms with E-state index in [4.69, 9.17) is 4.74 Å². The van der Waals surface area contributed by atoms with Gasteiger partial charge in [0.1, 0.15) is 12.4 Å². The average Bonchev–Trinajstić information content (AvgIpc) is 3.08. The topological polar surface area (TPSA) is 55.3 Å². The third-order valence-corrected chi connectivity index (χ3v) is 4.85. The van der Waals surface area contributed by atoms with Crippen LogP contribution in [0.1, 0.15) is 24.1 Å². The van der Waals surface area contributed by atoms with Crippen molar-refractivity contribution >= 4 is 5.91 Å². The highest BCUT2D eigenvalue weighted by molar-refractivity contribution is 5.81. The Morgan fingerprint density at radius 3 is 2.75 bits per heavy atom. The van der Waals surface area contributed by atoms with Crippen molar-refractivity contribution in [2.45, 2.75) is 31.8 Å². The molecule has 0 aliphatic carbocycles. The van der Waals surface area contributed by atoms with Gasteiger partial charge in [-0.15, -0.1) is 0 Å². The van der Waals surface area contributed by atoms with Crippen molar-refractivity contribution in [1.82, 2.24) is 14.9 Å². The van der Waals surface area contributed by atoms with E-state index in [1.807, 2.05) is 23.1 Å². The summed E-state index contributed by atoms with van der Waals surface area (Å²) in [7, 11) is 0. The maximum Gasteiger partial charge on any atom is 0.251 e. The fraction of sp³-hybridized carbons (Fsp3) is 0.421. The Balaban J connectivity index is 1.58. The van der Waals surface area contributed by atoms with Gasteiger partial charge < -0.3 is 9.64 Å². The second kappa shape index (κ2) is 6.69. The summed E-state index contributed by atoms with van der Waals surface area (Å²) in [5, 5.41) is 0. The van der Waals surface area contributed by atoms with Gasteiger partial charge in [0.05, 0.1) is 5.69 Å². The number of benzene rings is 1. The van der Waals surface area contributed by atoms with Gasteiger partial charge in [-0.1, -0.05) is 30.3 Å². The zero-order chi connectivity index (χ0) is 16.4. The maximum absolute atomic E-state index is 12.6. The van der Waals surface area contributed by atoms with Crippen molar-refractivity contribution in [3.05, 3.63) is 47.9 Å². The number of aromatic nitrogens is 2. The number of fused-ring (bicyclic) bond motifs is 1. The minimum Gasteiger partial charge on any atom is -0.368 e. The van der Waals surface area contributed by atoms with Crippen molar-refractivity contribution in [3.8, 4) is 11.3 Å². The molecule has 0 saturated carbocycles. The molecule has 124 valence electrons. The van der Waals surface area contributed by atoms with Crippen LogP contribution in [0.3, 0.4) is 0 Å². The summed E-state index contributed by atoms with van der Waals surface area (Å²) in [5.41, 5.74) is 4.33. The predicted molar refractivity (Wildman–Crippen MR) is 90.4 cm³/mol. The van der Waals surface area contributed by atoms with Crippen LogP contribution in [0.5, 0.6) is 0 Å². The third-order valence-electron chi connectivity index (χ3n) is 4.85. The largest absolute Gasteiger partial charge is 0.368 e. The van der Waals surface area contributed by atoms with Gasteiger partial charge in [-0.2, -0.15) is 0 Å². The first kappa shape index (κ1) is 15.3. The van der Waals surface area contributed by atoms with E-state index in [1.165, 1.54) is 5.56 Å². The van der Waals surface area contributed by atoms with Crippen LogP contribution >= 0.6 is 0 Å². The molecule has 1 aromatic heterocycles. The van der Waals surface area contributed by atoms with E-state index in [0.717, 1.165) is 42.6 Å². The Kier molecular flexibility index (Phi) is 4.26. The molecule has 2 aromatic rings. The predicted octanol–water partition coefficient (Wildman–Crippen LogP) is 2.25. The van der Waals surface area contributed by atoms with Gasteiger partial charge in [0.2, 0.25) is 0 Å². The minimum atomic E-state index is -0.245. The van der Waals surface area contributed by atoms with Crippen LogP contribution in [0.15, 0.2) is 36.7 Å². The van der Waals surface area contributed by atoms with Crippen LogP contribution in [0, 0.1) is 0 Å². The van der Waals surface area contributed by atoms with Crippen LogP contribution in [0.2, 0.25) is 0 Å². The van der Waals surface area contributed by atoms with E-state index in [9.17, 15) is 4.79 Å². The van der Waals surface area contributed by atoms with Crippen LogP contribution in [0.4, 0.5) is 0 Å². The molecule has 4 rings (SSSR count). The Hall–Kier alpha value is -2.27. The summed E-state index contributed by atoms with van der Waals surface area (Å²) in [6, 6.07) is 10.2. The lowest BCUT2D eigenvalue weighted by Crippen LogP contribution is -2.40. The van der Waals surface area contributed by atoms with E-state index >= 15 is 0 Å². The normalized spacial score (nSPS) is 20.5. The Labute approximate surface area is 141 Å². The van der Waals surface area contributed by atoms with Crippen molar-refractivity contribution in [2.24, 2.45) is 0 Å². The molecule has 1 fully saturated rings. The molecule has 3 heterocycles. The third kappa shape index (κ3) is 2.91. The lowest BCUT2D eigenvalue weighted by atomic mass is 10.0. The van der Waals surface area contributed by atoms with Crippen LogP contribution in [-0.4, -0.2) is 46.6 Å². The van der Waals surface area contributed by atoms with Crippen LogP contribution < -0.4 is 0 Å². The van der Waals surface area contributed by atoms with E-state index < -0.39 is 0 Å². The van der Waals surface area contributed by atoms with E-state index in [0.29, 0.717) is 19.7 Å². The molecule has 0 unspecified atom stereocenters. The molecule has 2 aliphatic heterocycles. The molecule has 2 aliphatic rings. The van der Waals surface area contributed by atoms with Gasteiger partial charge in [-0.3, -0.25) is 4.79 Å². The summed E-state index contributed by atoms with van der Waals surface area (Å²) < 4.78 is 5.56. The minimum absolute atomic E-state index is 0.134. The number of carbonyl (C=O) groups is 1. The van der Waals surface area contributed by atoms with Crippen molar-refractivity contribution < 1.29 is 9.53 Å². The molecule has 0 radical (unpaired) electrons. The summed E-state index contributed by atoms with van der Waals surface area (Å²) in [4.78, 5) is 23.5. The standard InChI is InChI=1S/C19H21N3O2/c23-19(17-7-4-12-24-17)22-10-8-15-16(9-11-22)20-13-21-18(15)14-5-2-1-3-6-14/h1-3,5-6,13,17H,4,7-12H2/t17-/m0/s1. The van der Waals surface area contributed by atoms with Gasteiger partial charge in [-0.05, 0) is 19.3 Å². The maximum atomic E-state index is 12.6. The Morgan fingerprint density at radius 2 is 1.96 bits per heavy atom. The molecule has 1 saturated heterocycles.